The van der Waals surface area contributed by atoms with Crippen molar-refractivity contribution in [3.8, 4) is 5.75 Å². The van der Waals surface area contributed by atoms with Gasteiger partial charge in [-0.3, -0.25) is 0 Å². The number of alkyl halides is 3. The van der Waals surface area contributed by atoms with Crippen molar-refractivity contribution in [3.05, 3.63) is 70.8 Å². The summed E-state index contributed by atoms with van der Waals surface area (Å²) in [6.45, 7) is 1.44. The van der Waals surface area contributed by atoms with Gasteiger partial charge in [-0.05, 0) is 59.9 Å². The maximum absolute atomic E-state index is 14.6. The molecule has 0 atom stereocenters. The lowest BCUT2D eigenvalue weighted by Gasteiger charge is -2.15. The van der Waals surface area contributed by atoms with Gasteiger partial charge >= 0.3 is 6.36 Å². The molecule has 3 rings (SSSR count). The van der Waals surface area contributed by atoms with E-state index in [-0.39, 0.29) is 16.9 Å². The summed E-state index contributed by atoms with van der Waals surface area (Å²) >= 11 is 0. The minimum Gasteiger partial charge on any atom is -0.406 e. The molecule has 0 saturated carbocycles. The summed E-state index contributed by atoms with van der Waals surface area (Å²) in [7, 11) is -3.94. The molecule has 0 aromatic heterocycles. The highest BCUT2D eigenvalue weighted by molar-refractivity contribution is 7.90. The average Bonchev–Trinajstić information content (AvgIpc) is 3.05. The molecular formula is C20H15F5O3S. The Morgan fingerprint density at radius 1 is 0.966 bits per heavy atom. The van der Waals surface area contributed by atoms with Gasteiger partial charge in [0.15, 0.2) is 9.84 Å². The smallest absolute Gasteiger partial charge is 0.406 e. The van der Waals surface area contributed by atoms with Crippen molar-refractivity contribution >= 4 is 21.0 Å². The average molecular weight is 430 g/mol. The van der Waals surface area contributed by atoms with Crippen molar-refractivity contribution < 1.29 is 35.1 Å². The van der Waals surface area contributed by atoms with Gasteiger partial charge in [0.05, 0.1) is 0 Å². The first-order valence-corrected chi connectivity index (χ1v) is 10.2. The van der Waals surface area contributed by atoms with Gasteiger partial charge in [-0.15, -0.1) is 13.2 Å². The van der Waals surface area contributed by atoms with Crippen LogP contribution in [0.1, 0.15) is 23.1 Å². The minimum atomic E-state index is -4.83. The number of benzene rings is 2. The molecule has 1 aliphatic rings. The first kappa shape index (κ1) is 21.0. The summed E-state index contributed by atoms with van der Waals surface area (Å²) in [5.41, 5.74) is 1.40. The van der Waals surface area contributed by atoms with Crippen molar-refractivity contribution in [2.75, 3.05) is 6.26 Å². The fraction of sp³-hybridized carbons (Fsp3) is 0.200. The van der Waals surface area contributed by atoms with Crippen molar-refractivity contribution in [3.63, 3.8) is 0 Å². The molecule has 0 radical (unpaired) electrons. The van der Waals surface area contributed by atoms with E-state index >= 15 is 0 Å². The summed E-state index contributed by atoms with van der Waals surface area (Å²) in [5.74, 6) is -2.36. The third kappa shape index (κ3) is 4.50. The molecule has 0 heterocycles. The van der Waals surface area contributed by atoms with E-state index in [4.69, 9.17) is 0 Å². The van der Waals surface area contributed by atoms with Crippen molar-refractivity contribution in [1.82, 2.24) is 0 Å². The third-order valence-corrected chi connectivity index (χ3v) is 5.47. The molecule has 29 heavy (non-hydrogen) atoms. The minimum absolute atomic E-state index is 0.132. The van der Waals surface area contributed by atoms with Gasteiger partial charge < -0.3 is 4.74 Å². The zero-order valence-corrected chi connectivity index (χ0v) is 16.1. The highest BCUT2D eigenvalue weighted by Gasteiger charge is 2.32. The second-order valence-electron chi connectivity index (χ2n) is 6.53. The first-order valence-electron chi connectivity index (χ1n) is 8.34. The summed E-state index contributed by atoms with van der Waals surface area (Å²) in [6, 6.07) is 5.43. The maximum atomic E-state index is 14.6. The molecule has 0 unspecified atom stereocenters. The van der Waals surface area contributed by atoms with E-state index in [1.165, 1.54) is 19.1 Å². The van der Waals surface area contributed by atoms with Gasteiger partial charge in [-0.2, -0.15) is 0 Å². The predicted molar refractivity (Wildman–Crippen MR) is 97.9 cm³/mol. The quantitative estimate of drug-likeness (QED) is 0.607. The van der Waals surface area contributed by atoms with E-state index in [2.05, 4.69) is 4.74 Å². The Morgan fingerprint density at radius 3 is 2.21 bits per heavy atom. The first-order chi connectivity index (χ1) is 13.4. The molecule has 9 heteroatoms. The zero-order valence-electron chi connectivity index (χ0n) is 15.3. The number of allylic oxidation sites excluding steroid dienone is 4. The highest BCUT2D eigenvalue weighted by Crippen LogP contribution is 2.40. The van der Waals surface area contributed by atoms with E-state index < -0.39 is 32.7 Å². The second kappa shape index (κ2) is 7.29. The van der Waals surface area contributed by atoms with Crippen LogP contribution in [0.4, 0.5) is 22.0 Å². The third-order valence-electron chi connectivity index (χ3n) is 4.36. The molecule has 0 amide bonds. The number of ether oxygens (including phenoxy) is 1. The number of hydrogen-bond acceptors (Lipinski definition) is 3. The SMILES string of the molecule is Cc1cc(C2=CCC=C2c2cc(F)c(S(C)(=O)=O)cc2F)ccc1OC(F)(F)F. The van der Waals surface area contributed by atoms with Crippen molar-refractivity contribution in [1.29, 1.82) is 0 Å². The lowest BCUT2D eigenvalue weighted by Crippen LogP contribution is -2.17. The van der Waals surface area contributed by atoms with Crippen molar-refractivity contribution in [2.45, 2.75) is 24.6 Å². The van der Waals surface area contributed by atoms with Crippen LogP contribution in [0.2, 0.25) is 0 Å². The van der Waals surface area contributed by atoms with Gasteiger partial charge in [-0.1, -0.05) is 18.2 Å². The monoisotopic (exact) mass is 430 g/mol. The van der Waals surface area contributed by atoms with E-state index in [1.807, 2.05) is 0 Å². The summed E-state index contributed by atoms with van der Waals surface area (Å²) in [4.78, 5) is -0.743. The van der Waals surface area contributed by atoms with Gasteiger partial charge in [-0.25, -0.2) is 17.2 Å². The Balaban J connectivity index is 2.00. The van der Waals surface area contributed by atoms with Crippen LogP contribution in [0.5, 0.6) is 5.75 Å². The molecule has 0 aliphatic heterocycles. The normalized spacial score (nSPS) is 14.6. The fourth-order valence-electron chi connectivity index (χ4n) is 3.12. The molecule has 154 valence electrons. The largest absolute Gasteiger partial charge is 0.573 e. The van der Waals surface area contributed by atoms with E-state index in [0.717, 1.165) is 18.4 Å². The second-order valence-corrected chi connectivity index (χ2v) is 8.52. The Kier molecular flexibility index (Phi) is 5.29. The Bertz CT molecular complexity index is 1150. The van der Waals surface area contributed by atoms with Gasteiger partial charge in [0.2, 0.25) is 0 Å². The summed E-state index contributed by atoms with van der Waals surface area (Å²) in [5, 5.41) is 0. The van der Waals surface area contributed by atoms with Gasteiger partial charge in [0.25, 0.3) is 0 Å². The molecular weight excluding hydrogens is 415 g/mol. The van der Waals surface area contributed by atoms with Crippen LogP contribution in [-0.4, -0.2) is 21.0 Å². The maximum Gasteiger partial charge on any atom is 0.573 e. The molecule has 0 N–H and O–H groups in total. The number of rotatable bonds is 4. The number of halogens is 5. The van der Waals surface area contributed by atoms with Crippen LogP contribution < -0.4 is 4.74 Å². The fourth-order valence-corrected chi connectivity index (χ4v) is 3.85. The highest BCUT2D eigenvalue weighted by atomic mass is 32.2. The Labute approximate surface area is 164 Å². The number of hydrogen-bond donors (Lipinski definition) is 0. The molecule has 2 aromatic rings. The standard InChI is InChI=1S/C20H15F5O3S/c1-11-8-12(6-7-18(11)28-20(23,24)25)13-4-3-5-14(13)15-9-17(22)19(10-16(15)21)29(2,26)27/h4-10H,3H2,1-2H3. The molecule has 0 fully saturated rings. The van der Waals surface area contributed by atoms with Gasteiger partial charge in [0, 0.05) is 11.8 Å². The molecule has 0 bridgehead atoms. The predicted octanol–water partition coefficient (Wildman–Crippen LogP) is 5.45. The van der Waals surface area contributed by atoms with E-state index in [9.17, 15) is 30.4 Å². The van der Waals surface area contributed by atoms with Gasteiger partial charge in [0.1, 0.15) is 22.3 Å². The molecule has 1 aliphatic carbocycles. The topological polar surface area (TPSA) is 43.4 Å². The lowest BCUT2D eigenvalue weighted by atomic mass is 9.93. The van der Waals surface area contributed by atoms with Crippen molar-refractivity contribution in [2.24, 2.45) is 0 Å². The molecule has 3 nitrogen and oxygen atoms in total. The molecule has 2 aromatic carbocycles. The Hall–Kier alpha value is -2.68. The Morgan fingerprint density at radius 2 is 1.62 bits per heavy atom. The lowest BCUT2D eigenvalue weighted by molar-refractivity contribution is -0.274. The van der Waals surface area contributed by atoms with E-state index in [1.54, 1.807) is 12.2 Å². The summed E-state index contributed by atoms with van der Waals surface area (Å²) in [6.07, 6.45) is -0.303. The van der Waals surface area contributed by atoms with Crippen LogP contribution in [0.25, 0.3) is 11.1 Å². The van der Waals surface area contributed by atoms with E-state index in [0.29, 0.717) is 29.2 Å². The molecule has 0 saturated heterocycles. The number of sulfone groups is 1. The summed E-state index contributed by atoms with van der Waals surface area (Å²) < 4.78 is 93.3. The van der Waals surface area contributed by atoms with Crippen LogP contribution in [0, 0.1) is 18.6 Å². The number of aryl methyl sites for hydroxylation is 1. The van der Waals surface area contributed by atoms with Crippen LogP contribution >= 0.6 is 0 Å². The zero-order chi connectivity index (χ0) is 21.6. The molecule has 0 spiro atoms. The van der Waals surface area contributed by atoms with Crippen LogP contribution in [0.15, 0.2) is 47.4 Å². The van der Waals surface area contributed by atoms with Crippen LogP contribution in [-0.2, 0) is 9.84 Å². The van der Waals surface area contributed by atoms with Crippen LogP contribution in [0.3, 0.4) is 0 Å².